The molecule has 5 nitrogen and oxygen atoms in total. The Morgan fingerprint density at radius 2 is 0.710 bits per heavy atom. The van der Waals surface area contributed by atoms with Crippen LogP contribution < -0.4 is 0 Å². The molecule has 0 N–H and O–H groups in total. The van der Waals surface area contributed by atoms with Gasteiger partial charge in [-0.1, -0.05) is 170 Å². The van der Waals surface area contributed by atoms with Crippen molar-refractivity contribution in [3.8, 4) is 67.8 Å². The van der Waals surface area contributed by atoms with Crippen LogP contribution in [0.25, 0.3) is 111 Å². The Hall–Kier alpha value is -8.41. The topological polar surface area (TPSA) is 48.5 Å². The zero-order chi connectivity index (χ0) is 41.0. The summed E-state index contributed by atoms with van der Waals surface area (Å²) in [5.74, 6) is 1.93. The van der Waals surface area contributed by atoms with Gasteiger partial charge in [-0.25, -0.2) is 15.0 Å². The van der Waals surface area contributed by atoms with Gasteiger partial charge in [-0.2, -0.15) is 0 Å². The van der Waals surface area contributed by atoms with Gasteiger partial charge in [-0.15, -0.1) is 0 Å². The molecule has 0 atom stereocenters. The average Bonchev–Trinajstić information content (AvgIpc) is 3.87. The molecule has 0 aliphatic carbocycles. The highest BCUT2D eigenvalue weighted by molar-refractivity contribution is 6.16. The van der Waals surface area contributed by atoms with Crippen LogP contribution in [0.5, 0.6) is 0 Å². The van der Waals surface area contributed by atoms with E-state index < -0.39 is 0 Å². The van der Waals surface area contributed by atoms with Gasteiger partial charge in [0.15, 0.2) is 17.5 Å². The van der Waals surface area contributed by atoms with Crippen molar-refractivity contribution in [1.29, 1.82) is 0 Å². The van der Waals surface area contributed by atoms with Gasteiger partial charge in [-0.3, -0.25) is 0 Å². The summed E-state index contributed by atoms with van der Waals surface area (Å²) in [6, 6.07) is 79.4. The fourth-order valence-electron chi connectivity index (χ4n) is 9.11. The van der Waals surface area contributed by atoms with Crippen LogP contribution in [0.3, 0.4) is 0 Å². The number of hydrogen-bond donors (Lipinski definition) is 0. The molecule has 9 aromatic carbocycles. The maximum absolute atomic E-state index is 5.01. The third-order valence-corrected chi connectivity index (χ3v) is 12.0. The minimum atomic E-state index is 0.634. The molecule has 0 amide bonds. The first-order chi connectivity index (χ1) is 30.7. The number of fused-ring (bicyclic) bond motifs is 6. The van der Waals surface area contributed by atoms with E-state index in [1.807, 2.05) is 60.7 Å². The molecule has 0 radical (unpaired) electrons. The van der Waals surface area contributed by atoms with Crippen LogP contribution in [0.2, 0.25) is 0 Å². The molecule has 0 aliphatic heterocycles. The largest absolute Gasteiger partial charge is 0.309 e. The Balaban J connectivity index is 0.963. The molecule has 3 heterocycles. The van der Waals surface area contributed by atoms with E-state index in [2.05, 4.69) is 173 Å². The summed E-state index contributed by atoms with van der Waals surface area (Å²) in [6.45, 7) is 0. The highest BCUT2D eigenvalue weighted by Gasteiger charge is 2.18. The van der Waals surface area contributed by atoms with Crippen molar-refractivity contribution in [1.82, 2.24) is 24.1 Å². The molecule has 0 spiro atoms. The summed E-state index contributed by atoms with van der Waals surface area (Å²) >= 11 is 0. The summed E-state index contributed by atoms with van der Waals surface area (Å²) in [7, 11) is 0. The van der Waals surface area contributed by atoms with E-state index in [9.17, 15) is 0 Å². The van der Waals surface area contributed by atoms with Crippen molar-refractivity contribution in [3.63, 3.8) is 0 Å². The fourth-order valence-corrected chi connectivity index (χ4v) is 9.11. The molecule has 290 valence electrons. The Bertz CT molecular complexity index is 3550. The van der Waals surface area contributed by atoms with Gasteiger partial charge in [0.25, 0.3) is 0 Å². The fraction of sp³-hybridized carbons (Fsp3) is 0. The standard InChI is InChI=1S/C57H37N5/c1-4-16-39(17-5-1)55-58-56(40-18-6-2-7-19-40)60-57(59-55)43-21-14-20-41(36-43)42-32-35-48-47-24-10-12-27-50(47)62(53(48)37-42)45-33-30-38(31-34-45)46-26-15-29-52-54(46)49-25-11-13-28-51(49)61(52)44-22-8-3-9-23-44/h1-37H. The van der Waals surface area contributed by atoms with E-state index in [4.69, 9.17) is 15.0 Å². The van der Waals surface area contributed by atoms with Crippen molar-refractivity contribution in [3.05, 3.63) is 224 Å². The molecule has 3 aromatic heterocycles. The third kappa shape index (κ3) is 5.98. The van der Waals surface area contributed by atoms with E-state index >= 15 is 0 Å². The first kappa shape index (κ1) is 35.5. The molecule has 0 unspecified atom stereocenters. The molecule has 62 heavy (non-hydrogen) atoms. The molecule has 0 bridgehead atoms. The summed E-state index contributed by atoms with van der Waals surface area (Å²) in [5.41, 5.74) is 14.4. The molecule has 12 aromatic rings. The van der Waals surface area contributed by atoms with Crippen molar-refractivity contribution in [2.24, 2.45) is 0 Å². The second-order valence-corrected chi connectivity index (χ2v) is 15.6. The summed E-state index contributed by atoms with van der Waals surface area (Å²) < 4.78 is 4.77. The first-order valence-corrected chi connectivity index (χ1v) is 20.9. The molecule has 0 aliphatic rings. The summed E-state index contributed by atoms with van der Waals surface area (Å²) in [5, 5.41) is 4.93. The Labute approximate surface area is 358 Å². The zero-order valence-electron chi connectivity index (χ0n) is 33.6. The van der Waals surface area contributed by atoms with Gasteiger partial charge < -0.3 is 9.13 Å². The normalized spacial score (nSPS) is 11.5. The highest BCUT2D eigenvalue weighted by atomic mass is 15.0. The van der Waals surface area contributed by atoms with Crippen LogP contribution in [-0.4, -0.2) is 24.1 Å². The van der Waals surface area contributed by atoms with Crippen LogP contribution in [0.1, 0.15) is 0 Å². The maximum atomic E-state index is 5.01. The molecule has 0 fully saturated rings. The summed E-state index contributed by atoms with van der Waals surface area (Å²) in [4.78, 5) is 14.9. The monoisotopic (exact) mass is 791 g/mol. The number of para-hydroxylation sites is 3. The maximum Gasteiger partial charge on any atom is 0.164 e. The number of benzene rings is 9. The van der Waals surface area contributed by atoms with Crippen LogP contribution in [0, 0.1) is 0 Å². The number of aromatic nitrogens is 5. The first-order valence-electron chi connectivity index (χ1n) is 20.9. The van der Waals surface area contributed by atoms with Gasteiger partial charge in [0.2, 0.25) is 0 Å². The molecule has 5 heteroatoms. The quantitative estimate of drug-likeness (QED) is 0.162. The van der Waals surface area contributed by atoms with E-state index in [0.29, 0.717) is 17.5 Å². The minimum Gasteiger partial charge on any atom is -0.309 e. The van der Waals surface area contributed by atoms with Gasteiger partial charge in [0, 0.05) is 49.6 Å². The van der Waals surface area contributed by atoms with Crippen LogP contribution in [-0.2, 0) is 0 Å². The number of nitrogens with zero attached hydrogens (tertiary/aromatic N) is 5. The van der Waals surface area contributed by atoms with Crippen molar-refractivity contribution < 1.29 is 0 Å². The lowest BCUT2D eigenvalue weighted by Gasteiger charge is -2.12. The van der Waals surface area contributed by atoms with Crippen LogP contribution in [0.4, 0.5) is 0 Å². The van der Waals surface area contributed by atoms with Gasteiger partial charge >= 0.3 is 0 Å². The van der Waals surface area contributed by atoms with Gasteiger partial charge in [-0.05, 0) is 76.9 Å². The van der Waals surface area contributed by atoms with E-state index in [0.717, 1.165) is 44.7 Å². The Morgan fingerprint density at radius 3 is 1.40 bits per heavy atom. The summed E-state index contributed by atoms with van der Waals surface area (Å²) in [6.07, 6.45) is 0. The second kappa shape index (κ2) is 14.7. The average molecular weight is 792 g/mol. The van der Waals surface area contributed by atoms with Crippen molar-refractivity contribution in [2.75, 3.05) is 0 Å². The van der Waals surface area contributed by atoms with Crippen molar-refractivity contribution in [2.45, 2.75) is 0 Å². The SMILES string of the molecule is c1ccc(-c2nc(-c3ccccc3)nc(-c3cccc(-c4ccc5c6ccccc6n(-c6ccc(-c7cccc8c7c7ccccc7n8-c7ccccc7)cc6)c5c4)c3)n2)cc1. The van der Waals surface area contributed by atoms with Gasteiger partial charge in [0.1, 0.15) is 0 Å². The minimum absolute atomic E-state index is 0.634. The predicted molar refractivity (Wildman–Crippen MR) is 256 cm³/mol. The molecule has 12 rings (SSSR count). The van der Waals surface area contributed by atoms with Gasteiger partial charge in [0.05, 0.1) is 22.1 Å². The molecule has 0 saturated carbocycles. The number of rotatable bonds is 7. The van der Waals surface area contributed by atoms with Crippen molar-refractivity contribution >= 4 is 43.6 Å². The lowest BCUT2D eigenvalue weighted by atomic mass is 9.99. The Morgan fingerprint density at radius 1 is 0.258 bits per heavy atom. The molecule has 0 saturated heterocycles. The van der Waals surface area contributed by atoms with E-state index in [-0.39, 0.29) is 0 Å². The molecular weight excluding hydrogens is 755 g/mol. The molecular formula is C57H37N5. The van der Waals surface area contributed by atoms with E-state index in [1.54, 1.807) is 0 Å². The van der Waals surface area contributed by atoms with Crippen LogP contribution in [0.15, 0.2) is 224 Å². The zero-order valence-corrected chi connectivity index (χ0v) is 33.6. The van der Waals surface area contributed by atoms with Crippen LogP contribution >= 0.6 is 0 Å². The number of hydrogen-bond acceptors (Lipinski definition) is 3. The third-order valence-electron chi connectivity index (χ3n) is 12.0. The smallest absolute Gasteiger partial charge is 0.164 e. The lowest BCUT2D eigenvalue weighted by Crippen LogP contribution is -2.00. The second-order valence-electron chi connectivity index (χ2n) is 15.6. The predicted octanol–water partition coefficient (Wildman–Crippen LogP) is 14.4. The highest BCUT2D eigenvalue weighted by Crippen LogP contribution is 2.40. The lowest BCUT2D eigenvalue weighted by molar-refractivity contribution is 1.07. The Kier molecular flexibility index (Phi) is 8.42. The van der Waals surface area contributed by atoms with E-state index in [1.165, 1.54) is 49.2 Å².